The summed E-state index contributed by atoms with van der Waals surface area (Å²) in [5, 5.41) is 5.47. The van der Waals surface area contributed by atoms with E-state index in [9.17, 15) is 9.59 Å². The van der Waals surface area contributed by atoms with Crippen molar-refractivity contribution in [3.8, 4) is 0 Å². The number of benzene rings is 1. The largest absolute Gasteiger partial charge is 0.465 e. The number of hydrogen-bond donors (Lipinski definition) is 0. The molecule has 0 saturated carbocycles. The van der Waals surface area contributed by atoms with E-state index < -0.39 is 11.6 Å². The molecule has 1 unspecified atom stereocenters. The minimum atomic E-state index is -0.531. The lowest BCUT2D eigenvalue weighted by molar-refractivity contribution is 0.0237. The van der Waals surface area contributed by atoms with Crippen molar-refractivity contribution in [3.05, 3.63) is 23.9 Å². The van der Waals surface area contributed by atoms with Crippen LogP contribution in [0.1, 0.15) is 37.6 Å². The summed E-state index contributed by atoms with van der Waals surface area (Å²) < 4.78 is 17.4. The molecule has 9 nitrogen and oxygen atoms in total. The molecule has 1 aliphatic rings. The van der Waals surface area contributed by atoms with Crippen LogP contribution in [0.25, 0.3) is 10.9 Å². The first-order valence-electron chi connectivity index (χ1n) is 10.4. The third kappa shape index (κ3) is 5.10. The highest BCUT2D eigenvalue weighted by atomic mass is 16.6. The molecule has 0 spiro atoms. The Kier molecular flexibility index (Phi) is 6.74. The summed E-state index contributed by atoms with van der Waals surface area (Å²) in [6.45, 7) is 8.14. The number of hydrogen-bond acceptors (Lipinski definition) is 7. The summed E-state index contributed by atoms with van der Waals surface area (Å²) in [5.74, 6) is -0.419. The molecule has 1 saturated heterocycles. The summed E-state index contributed by atoms with van der Waals surface area (Å²) in [6, 6.07) is 3.71. The van der Waals surface area contributed by atoms with Crippen molar-refractivity contribution < 1.29 is 23.8 Å². The summed E-state index contributed by atoms with van der Waals surface area (Å²) in [5.41, 5.74) is 1.48. The van der Waals surface area contributed by atoms with Gasteiger partial charge in [-0.3, -0.25) is 4.68 Å². The van der Waals surface area contributed by atoms with Gasteiger partial charge in [-0.1, -0.05) is 0 Å². The first-order valence-corrected chi connectivity index (χ1v) is 10.4. The van der Waals surface area contributed by atoms with Crippen molar-refractivity contribution in [2.75, 3.05) is 45.9 Å². The van der Waals surface area contributed by atoms with Gasteiger partial charge in [-0.2, -0.15) is 5.10 Å². The molecule has 31 heavy (non-hydrogen) atoms. The van der Waals surface area contributed by atoms with Crippen molar-refractivity contribution in [2.24, 2.45) is 0 Å². The summed E-state index contributed by atoms with van der Waals surface area (Å²) in [7, 11) is 4.78. The van der Waals surface area contributed by atoms with E-state index >= 15 is 0 Å². The van der Waals surface area contributed by atoms with Crippen LogP contribution < -0.4 is 4.90 Å². The Bertz CT molecular complexity index is 949. The number of methoxy groups -OCH3 is 2. The number of esters is 1. The fraction of sp³-hybridized carbons (Fsp3) is 0.591. The molecule has 1 aromatic heterocycles. The van der Waals surface area contributed by atoms with Gasteiger partial charge < -0.3 is 24.0 Å². The predicted octanol–water partition coefficient (Wildman–Crippen LogP) is 2.91. The van der Waals surface area contributed by atoms with Crippen molar-refractivity contribution in [3.63, 3.8) is 0 Å². The zero-order valence-electron chi connectivity index (χ0n) is 19.2. The molecular formula is C22H32N4O5. The van der Waals surface area contributed by atoms with Gasteiger partial charge in [0.25, 0.3) is 0 Å². The van der Waals surface area contributed by atoms with E-state index in [-0.39, 0.29) is 12.1 Å². The second kappa shape index (κ2) is 9.13. The predicted molar refractivity (Wildman–Crippen MR) is 118 cm³/mol. The Balaban J connectivity index is 1.86. The number of anilines is 1. The molecule has 0 aliphatic carbocycles. The van der Waals surface area contributed by atoms with E-state index in [1.807, 2.05) is 33.0 Å². The van der Waals surface area contributed by atoms with Crippen LogP contribution in [-0.2, 0) is 20.8 Å². The molecule has 2 aromatic rings. The maximum absolute atomic E-state index is 12.5. The Labute approximate surface area is 182 Å². The third-order valence-electron chi connectivity index (χ3n) is 5.36. The first kappa shape index (κ1) is 22.9. The Hall–Kier alpha value is -2.81. The van der Waals surface area contributed by atoms with Crippen LogP contribution in [0.3, 0.4) is 0 Å². The molecule has 1 amide bonds. The van der Waals surface area contributed by atoms with Crippen LogP contribution in [0, 0.1) is 0 Å². The first-order chi connectivity index (χ1) is 14.6. The van der Waals surface area contributed by atoms with E-state index in [2.05, 4.69) is 10.00 Å². The molecule has 0 bridgehead atoms. The normalized spacial score (nSPS) is 16.6. The summed E-state index contributed by atoms with van der Waals surface area (Å²) in [6.07, 6.45) is 2.44. The van der Waals surface area contributed by atoms with Crippen LogP contribution in [0.4, 0.5) is 10.5 Å². The lowest BCUT2D eigenvalue weighted by Gasteiger charge is -2.29. The third-order valence-corrected chi connectivity index (χ3v) is 5.36. The molecule has 1 aliphatic heterocycles. The number of ether oxygens (including phenoxy) is 3. The molecule has 0 radical (unpaired) electrons. The minimum Gasteiger partial charge on any atom is -0.465 e. The van der Waals surface area contributed by atoms with Crippen LogP contribution in [0.2, 0.25) is 0 Å². The van der Waals surface area contributed by atoms with Crippen molar-refractivity contribution in [1.29, 1.82) is 0 Å². The second-order valence-corrected chi connectivity index (χ2v) is 8.75. The van der Waals surface area contributed by atoms with Crippen LogP contribution >= 0.6 is 0 Å². The fourth-order valence-electron chi connectivity index (χ4n) is 3.75. The van der Waals surface area contributed by atoms with Gasteiger partial charge in [0, 0.05) is 44.5 Å². The van der Waals surface area contributed by atoms with Gasteiger partial charge in [0.05, 0.1) is 31.9 Å². The Morgan fingerprint density at radius 3 is 2.65 bits per heavy atom. The lowest BCUT2D eigenvalue weighted by atomic mass is 10.1. The van der Waals surface area contributed by atoms with Crippen molar-refractivity contribution >= 4 is 28.7 Å². The summed E-state index contributed by atoms with van der Waals surface area (Å²) >= 11 is 0. The van der Waals surface area contributed by atoms with Crippen molar-refractivity contribution in [2.45, 2.75) is 45.4 Å². The van der Waals surface area contributed by atoms with Crippen molar-refractivity contribution in [1.82, 2.24) is 14.7 Å². The average molecular weight is 433 g/mol. The smallest absolute Gasteiger partial charge is 0.410 e. The number of amides is 1. The molecule has 3 rings (SSSR count). The lowest BCUT2D eigenvalue weighted by Crippen LogP contribution is -2.42. The molecule has 170 valence electrons. The molecule has 1 atom stereocenters. The van der Waals surface area contributed by atoms with Gasteiger partial charge >= 0.3 is 12.1 Å². The average Bonchev–Trinajstić information content (AvgIpc) is 3.36. The Morgan fingerprint density at radius 1 is 1.26 bits per heavy atom. The maximum atomic E-state index is 12.5. The highest BCUT2D eigenvalue weighted by Crippen LogP contribution is 2.32. The molecule has 0 N–H and O–H groups in total. The molecule has 1 aromatic carbocycles. The monoisotopic (exact) mass is 432 g/mol. The minimum absolute atomic E-state index is 0.0359. The number of fused-ring (bicyclic) bond motifs is 1. The standard InChI is InChI=1S/C22H32N4O5/c1-22(2,3)31-21(28)24(4)15-9-10-25(13-15)18-8-7-16(20(27)30-6)19-17(18)14-26(23-19)11-12-29-5/h7-8,14-15H,9-13H2,1-6H3. The van der Waals surface area contributed by atoms with Gasteiger partial charge in [-0.15, -0.1) is 0 Å². The Morgan fingerprint density at radius 2 is 2.00 bits per heavy atom. The molecular weight excluding hydrogens is 400 g/mol. The van der Waals surface area contributed by atoms with Gasteiger partial charge in [0.1, 0.15) is 11.1 Å². The van der Waals surface area contributed by atoms with Gasteiger partial charge in [-0.05, 0) is 39.3 Å². The quantitative estimate of drug-likeness (QED) is 0.649. The van der Waals surface area contributed by atoms with E-state index in [1.54, 1.807) is 29.8 Å². The zero-order chi connectivity index (χ0) is 22.8. The SMILES string of the molecule is COCCn1cc2c(N3CCC(N(C)C(=O)OC(C)(C)C)C3)ccc(C(=O)OC)c2n1. The number of nitrogens with zero attached hydrogens (tertiary/aromatic N) is 4. The molecule has 1 fully saturated rings. The number of likely N-dealkylation sites (N-methyl/N-ethyl adjacent to an activating group) is 1. The number of carbonyl (C=O) groups excluding carboxylic acids is 2. The van der Waals surface area contributed by atoms with Crippen LogP contribution in [0.15, 0.2) is 18.3 Å². The molecule has 9 heteroatoms. The highest BCUT2D eigenvalue weighted by Gasteiger charge is 2.32. The van der Waals surface area contributed by atoms with Gasteiger partial charge in [0.15, 0.2) is 0 Å². The second-order valence-electron chi connectivity index (χ2n) is 8.75. The zero-order valence-corrected chi connectivity index (χ0v) is 19.2. The van der Waals surface area contributed by atoms with E-state index in [0.717, 1.165) is 24.0 Å². The maximum Gasteiger partial charge on any atom is 0.410 e. The van der Waals surface area contributed by atoms with E-state index in [1.165, 1.54) is 7.11 Å². The van der Waals surface area contributed by atoms with E-state index in [4.69, 9.17) is 14.2 Å². The van der Waals surface area contributed by atoms with Gasteiger partial charge in [-0.25, -0.2) is 9.59 Å². The van der Waals surface area contributed by atoms with Gasteiger partial charge in [0.2, 0.25) is 0 Å². The summed E-state index contributed by atoms with van der Waals surface area (Å²) in [4.78, 5) is 28.6. The highest BCUT2D eigenvalue weighted by molar-refractivity contribution is 6.06. The van der Waals surface area contributed by atoms with Crippen LogP contribution in [0.5, 0.6) is 0 Å². The number of rotatable bonds is 6. The van der Waals surface area contributed by atoms with E-state index in [0.29, 0.717) is 30.8 Å². The van der Waals surface area contributed by atoms with Crippen LogP contribution in [-0.4, -0.2) is 79.3 Å². The topological polar surface area (TPSA) is 86.1 Å². The molecule has 2 heterocycles. The number of carbonyl (C=O) groups is 2. The number of aromatic nitrogens is 2. The fourth-order valence-corrected chi connectivity index (χ4v) is 3.75.